The number of ketones is 1. The fraction of sp³-hybridized carbons (Fsp3) is 0.188. The number of allylic oxidation sites excluding steroid dienone is 4. The summed E-state index contributed by atoms with van der Waals surface area (Å²) in [5.74, 6) is 0.0490. The lowest BCUT2D eigenvalue weighted by atomic mass is 9.99. The smallest absolute Gasteiger partial charge is 0.283 e. The number of sulfonamides is 1. The average molecular weight is 316 g/mol. The van der Waals surface area contributed by atoms with Crippen molar-refractivity contribution in [2.45, 2.75) is 25.7 Å². The third-order valence-corrected chi connectivity index (χ3v) is 4.44. The van der Waals surface area contributed by atoms with Gasteiger partial charge in [-0.1, -0.05) is 18.2 Å². The number of nitrogens with zero attached hydrogens (tertiary/aromatic N) is 2. The van der Waals surface area contributed by atoms with Crippen LogP contribution in [0.15, 0.2) is 67.9 Å². The van der Waals surface area contributed by atoms with Gasteiger partial charge in [-0.2, -0.15) is 8.42 Å². The maximum absolute atomic E-state index is 12.1. The number of hydrogen-bond donors (Lipinski definition) is 0. The van der Waals surface area contributed by atoms with Crippen LogP contribution in [0.25, 0.3) is 0 Å². The van der Waals surface area contributed by atoms with Crippen molar-refractivity contribution in [1.29, 1.82) is 0 Å². The Labute approximate surface area is 129 Å². The molecule has 0 amide bonds. The molecule has 22 heavy (non-hydrogen) atoms. The molecule has 1 aromatic rings. The Morgan fingerprint density at radius 3 is 2.27 bits per heavy atom. The van der Waals surface area contributed by atoms with Crippen LogP contribution in [0, 0.1) is 0 Å². The van der Waals surface area contributed by atoms with Crippen molar-refractivity contribution in [1.82, 2.24) is 0 Å². The molecule has 0 atom stereocenters. The van der Waals surface area contributed by atoms with Gasteiger partial charge >= 0.3 is 0 Å². The van der Waals surface area contributed by atoms with Crippen molar-refractivity contribution in [2.24, 2.45) is 9.39 Å². The van der Waals surface area contributed by atoms with Gasteiger partial charge in [-0.05, 0) is 56.2 Å². The van der Waals surface area contributed by atoms with Crippen LogP contribution in [-0.4, -0.2) is 25.7 Å². The highest BCUT2D eigenvalue weighted by atomic mass is 32.2. The van der Waals surface area contributed by atoms with Gasteiger partial charge in [0.25, 0.3) is 10.0 Å². The van der Waals surface area contributed by atoms with Crippen LogP contribution in [0.5, 0.6) is 0 Å². The summed E-state index contributed by atoms with van der Waals surface area (Å²) >= 11 is 0. The largest absolute Gasteiger partial charge is 0.290 e. The van der Waals surface area contributed by atoms with Crippen molar-refractivity contribution >= 4 is 27.4 Å². The average Bonchev–Trinajstić information content (AvgIpc) is 2.45. The molecule has 0 saturated carbocycles. The molecule has 0 unspecified atom stereocenters. The van der Waals surface area contributed by atoms with E-state index >= 15 is 0 Å². The maximum atomic E-state index is 12.1. The number of hydrogen-bond acceptors (Lipinski definition) is 3. The van der Waals surface area contributed by atoms with E-state index < -0.39 is 10.0 Å². The minimum Gasteiger partial charge on any atom is -0.290 e. The molecule has 6 heteroatoms. The second-order valence-corrected chi connectivity index (χ2v) is 6.55. The Bertz CT molecular complexity index is 829. The lowest BCUT2D eigenvalue weighted by Crippen LogP contribution is -2.11. The molecular weight excluding hydrogens is 300 g/mol. The molecular formula is C16H16N2O3S. The summed E-state index contributed by atoms with van der Waals surface area (Å²) in [6.45, 7) is 4.95. The first-order chi connectivity index (χ1) is 10.3. The SMILES string of the molecule is CC1=CC(=NC(C)=NS(=O)(=O)c2ccccc2)C(C)=CC1=O. The number of rotatable bonds is 2. The summed E-state index contributed by atoms with van der Waals surface area (Å²) in [5.41, 5.74) is 1.78. The summed E-state index contributed by atoms with van der Waals surface area (Å²) in [7, 11) is -3.78. The number of benzene rings is 1. The third-order valence-electron chi connectivity index (χ3n) is 3.07. The first-order valence-electron chi connectivity index (χ1n) is 6.66. The molecule has 0 radical (unpaired) electrons. The molecule has 0 saturated heterocycles. The van der Waals surface area contributed by atoms with Crippen LogP contribution >= 0.6 is 0 Å². The van der Waals surface area contributed by atoms with Gasteiger partial charge in [-0.15, -0.1) is 4.40 Å². The van der Waals surface area contributed by atoms with E-state index in [4.69, 9.17) is 0 Å². The van der Waals surface area contributed by atoms with Crippen molar-refractivity contribution in [3.05, 3.63) is 53.6 Å². The molecule has 0 aliphatic heterocycles. The lowest BCUT2D eigenvalue weighted by molar-refractivity contribution is -0.111. The van der Waals surface area contributed by atoms with Gasteiger partial charge in [0, 0.05) is 0 Å². The van der Waals surface area contributed by atoms with Gasteiger partial charge in [0.2, 0.25) is 0 Å². The zero-order chi connectivity index (χ0) is 16.3. The fourth-order valence-electron chi connectivity index (χ4n) is 1.91. The molecule has 1 aliphatic carbocycles. The van der Waals surface area contributed by atoms with Gasteiger partial charge in [0.1, 0.15) is 5.84 Å². The molecule has 114 valence electrons. The van der Waals surface area contributed by atoms with E-state index in [1.165, 1.54) is 25.1 Å². The molecule has 0 spiro atoms. The van der Waals surface area contributed by atoms with Crippen LogP contribution in [0.3, 0.4) is 0 Å². The predicted molar refractivity (Wildman–Crippen MR) is 86.7 cm³/mol. The zero-order valence-electron chi connectivity index (χ0n) is 12.6. The highest BCUT2D eigenvalue weighted by Gasteiger charge is 2.15. The summed E-state index contributed by atoms with van der Waals surface area (Å²) in [5, 5.41) is 0. The van der Waals surface area contributed by atoms with E-state index in [0.29, 0.717) is 16.9 Å². The van der Waals surface area contributed by atoms with Gasteiger partial charge < -0.3 is 0 Å². The lowest BCUT2D eigenvalue weighted by Gasteiger charge is -2.09. The van der Waals surface area contributed by atoms with Crippen molar-refractivity contribution in [2.75, 3.05) is 0 Å². The normalized spacial score (nSPS) is 18.2. The second-order valence-electron chi connectivity index (χ2n) is 4.94. The summed E-state index contributed by atoms with van der Waals surface area (Å²) in [4.78, 5) is 15.8. The van der Waals surface area contributed by atoms with Crippen LogP contribution in [0.2, 0.25) is 0 Å². The van der Waals surface area contributed by atoms with Gasteiger partial charge in [0.15, 0.2) is 5.78 Å². The standard InChI is InChI=1S/C16H16N2O3S/c1-11-10-16(19)12(2)9-15(11)17-13(3)18-22(20,21)14-7-5-4-6-8-14/h4-10H,1-3H3. The first kappa shape index (κ1) is 16.0. The highest BCUT2D eigenvalue weighted by molar-refractivity contribution is 7.90. The van der Waals surface area contributed by atoms with E-state index in [1.807, 2.05) is 0 Å². The fourth-order valence-corrected chi connectivity index (χ4v) is 2.90. The molecule has 0 aromatic heterocycles. The van der Waals surface area contributed by atoms with Gasteiger partial charge in [-0.25, -0.2) is 4.99 Å². The van der Waals surface area contributed by atoms with Crippen molar-refractivity contribution in [3.63, 3.8) is 0 Å². The zero-order valence-corrected chi connectivity index (χ0v) is 13.4. The molecule has 5 nitrogen and oxygen atoms in total. The topological polar surface area (TPSA) is 75.9 Å². The third kappa shape index (κ3) is 3.65. The van der Waals surface area contributed by atoms with Crippen molar-refractivity contribution < 1.29 is 13.2 Å². The minimum absolute atomic E-state index is 0.0667. The van der Waals surface area contributed by atoms with Crippen LogP contribution < -0.4 is 0 Å². The molecule has 0 N–H and O–H groups in total. The Kier molecular flexibility index (Phi) is 4.51. The summed E-state index contributed by atoms with van der Waals surface area (Å²) in [6.07, 6.45) is 3.11. The van der Waals surface area contributed by atoms with Crippen molar-refractivity contribution in [3.8, 4) is 0 Å². The molecule has 1 aromatic carbocycles. The van der Waals surface area contributed by atoms with Crippen LogP contribution in [0.4, 0.5) is 0 Å². The Morgan fingerprint density at radius 1 is 1.00 bits per heavy atom. The summed E-state index contributed by atoms with van der Waals surface area (Å²) in [6, 6.07) is 7.96. The second kappa shape index (κ2) is 6.19. The van der Waals surface area contributed by atoms with E-state index in [2.05, 4.69) is 9.39 Å². The monoisotopic (exact) mass is 316 g/mol. The van der Waals surface area contributed by atoms with Gasteiger partial charge in [0.05, 0.1) is 10.6 Å². The number of amidine groups is 1. The Balaban J connectivity index is 2.37. The van der Waals surface area contributed by atoms with E-state index in [-0.39, 0.29) is 16.5 Å². The van der Waals surface area contributed by atoms with E-state index in [9.17, 15) is 13.2 Å². The van der Waals surface area contributed by atoms with E-state index in [0.717, 1.165) is 0 Å². The number of carbonyl (C=O) groups is 1. The number of aliphatic imine (C=N–C) groups is 1. The highest BCUT2D eigenvalue weighted by Crippen LogP contribution is 2.14. The number of carbonyl (C=O) groups excluding carboxylic acids is 1. The van der Waals surface area contributed by atoms with E-state index in [1.54, 1.807) is 38.1 Å². The van der Waals surface area contributed by atoms with Gasteiger partial charge in [-0.3, -0.25) is 4.79 Å². The minimum atomic E-state index is -3.78. The maximum Gasteiger partial charge on any atom is 0.283 e. The molecule has 0 fully saturated rings. The Hall–Kier alpha value is -2.34. The Morgan fingerprint density at radius 2 is 1.64 bits per heavy atom. The molecule has 0 bridgehead atoms. The molecule has 2 rings (SSSR count). The summed E-state index contributed by atoms with van der Waals surface area (Å²) < 4.78 is 28.0. The molecule has 1 aliphatic rings. The van der Waals surface area contributed by atoms with Crippen LogP contribution in [0.1, 0.15) is 20.8 Å². The predicted octanol–water partition coefficient (Wildman–Crippen LogP) is 2.71. The first-order valence-corrected chi connectivity index (χ1v) is 8.10. The molecule has 0 heterocycles. The van der Waals surface area contributed by atoms with Crippen LogP contribution in [-0.2, 0) is 14.8 Å². The quantitative estimate of drug-likeness (QED) is 0.478.